The summed E-state index contributed by atoms with van der Waals surface area (Å²) in [6.07, 6.45) is 7.57. The standard InChI is InChI=1S/C13H23NO2/c15-9-7-12-5-1-2-8-14(12)10-11-4-3-6-13(11)16/h11-12,15H,1-10H2. The van der Waals surface area contributed by atoms with E-state index in [1.54, 1.807) is 0 Å². The molecule has 0 spiro atoms. The second-order valence-corrected chi connectivity index (χ2v) is 5.21. The lowest BCUT2D eigenvalue weighted by Gasteiger charge is -2.36. The van der Waals surface area contributed by atoms with E-state index in [1.807, 2.05) is 0 Å². The van der Waals surface area contributed by atoms with Crippen LogP contribution < -0.4 is 0 Å². The van der Waals surface area contributed by atoms with Crippen molar-refractivity contribution in [3.8, 4) is 0 Å². The number of aliphatic hydroxyl groups excluding tert-OH is 1. The number of ketones is 1. The van der Waals surface area contributed by atoms with Crippen LogP contribution in [0.3, 0.4) is 0 Å². The lowest BCUT2D eigenvalue weighted by molar-refractivity contribution is -0.121. The quantitative estimate of drug-likeness (QED) is 0.790. The number of carbonyl (C=O) groups is 1. The Morgan fingerprint density at radius 1 is 1.25 bits per heavy atom. The van der Waals surface area contributed by atoms with Gasteiger partial charge in [-0.25, -0.2) is 0 Å². The number of hydrogen-bond donors (Lipinski definition) is 1. The molecule has 1 heterocycles. The van der Waals surface area contributed by atoms with E-state index in [4.69, 9.17) is 5.11 Å². The molecule has 0 bridgehead atoms. The zero-order chi connectivity index (χ0) is 11.4. The lowest BCUT2D eigenvalue weighted by Crippen LogP contribution is -2.43. The number of hydrogen-bond acceptors (Lipinski definition) is 3. The van der Waals surface area contributed by atoms with Crippen LogP contribution in [0, 0.1) is 5.92 Å². The van der Waals surface area contributed by atoms with Crippen LogP contribution in [-0.2, 0) is 4.79 Å². The maximum atomic E-state index is 11.6. The summed E-state index contributed by atoms with van der Waals surface area (Å²) in [5.74, 6) is 0.757. The van der Waals surface area contributed by atoms with Crippen LogP contribution in [0.2, 0.25) is 0 Å². The summed E-state index contributed by atoms with van der Waals surface area (Å²) in [5, 5.41) is 9.06. The first kappa shape index (κ1) is 12.1. The minimum atomic E-state index is 0.278. The molecule has 1 saturated carbocycles. The van der Waals surface area contributed by atoms with Gasteiger partial charge in [-0.2, -0.15) is 0 Å². The largest absolute Gasteiger partial charge is 0.396 e. The predicted molar refractivity (Wildman–Crippen MR) is 63.3 cm³/mol. The molecule has 1 aliphatic carbocycles. The number of rotatable bonds is 4. The molecule has 1 saturated heterocycles. The second-order valence-electron chi connectivity index (χ2n) is 5.21. The van der Waals surface area contributed by atoms with Crippen molar-refractivity contribution in [3.63, 3.8) is 0 Å². The fourth-order valence-electron chi connectivity index (χ4n) is 3.14. The molecule has 0 aromatic heterocycles. The van der Waals surface area contributed by atoms with Crippen molar-refractivity contribution in [2.45, 2.75) is 51.0 Å². The summed E-state index contributed by atoms with van der Waals surface area (Å²) >= 11 is 0. The first-order valence-corrected chi connectivity index (χ1v) is 6.69. The Balaban J connectivity index is 1.87. The van der Waals surface area contributed by atoms with Gasteiger partial charge < -0.3 is 5.11 Å². The minimum Gasteiger partial charge on any atom is -0.396 e. The van der Waals surface area contributed by atoms with Gasteiger partial charge in [-0.3, -0.25) is 9.69 Å². The summed E-state index contributed by atoms with van der Waals surface area (Å²) in [6, 6.07) is 0.521. The van der Waals surface area contributed by atoms with Crippen molar-refractivity contribution < 1.29 is 9.90 Å². The van der Waals surface area contributed by atoms with Crippen molar-refractivity contribution in [2.24, 2.45) is 5.92 Å². The van der Waals surface area contributed by atoms with E-state index in [0.29, 0.717) is 17.7 Å². The molecule has 16 heavy (non-hydrogen) atoms. The fraction of sp³-hybridized carbons (Fsp3) is 0.923. The topological polar surface area (TPSA) is 40.5 Å². The summed E-state index contributed by atoms with van der Waals surface area (Å²) in [6.45, 7) is 2.34. The molecule has 2 rings (SSSR count). The Hall–Kier alpha value is -0.410. The molecule has 0 amide bonds. The predicted octanol–water partition coefficient (Wildman–Crippen LogP) is 1.59. The van der Waals surface area contributed by atoms with Crippen molar-refractivity contribution in [2.75, 3.05) is 19.7 Å². The molecule has 2 atom stereocenters. The van der Waals surface area contributed by atoms with Gasteiger partial charge in [0.2, 0.25) is 0 Å². The number of nitrogens with zero attached hydrogens (tertiary/aromatic N) is 1. The lowest BCUT2D eigenvalue weighted by atomic mass is 9.97. The third-order valence-electron chi connectivity index (χ3n) is 4.10. The average Bonchev–Trinajstić information content (AvgIpc) is 2.68. The van der Waals surface area contributed by atoms with Gasteiger partial charge in [-0.1, -0.05) is 6.42 Å². The summed E-state index contributed by atoms with van der Waals surface area (Å²) in [4.78, 5) is 14.1. The Bertz CT molecular complexity index is 240. The molecule has 3 heteroatoms. The summed E-state index contributed by atoms with van der Waals surface area (Å²) in [7, 11) is 0. The number of aliphatic hydroxyl groups is 1. The van der Waals surface area contributed by atoms with Gasteiger partial charge in [0, 0.05) is 31.5 Å². The fourth-order valence-corrected chi connectivity index (χ4v) is 3.14. The van der Waals surface area contributed by atoms with Gasteiger partial charge in [-0.15, -0.1) is 0 Å². The van der Waals surface area contributed by atoms with Crippen molar-refractivity contribution in [1.82, 2.24) is 4.90 Å². The van der Waals surface area contributed by atoms with E-state index in [1.165, 1.54) is 19.3 Å². The molecular weight excluding hydrogens is 202 g/mol. The number of carbonyl (C=O) groups excluding carboxylic acids is 1. The third kappa shape index (κ3) is 2.83. The zero-order valence-electron chi connectivity index (χ0n) is 10.0. The maximum absolute atomic E-state index is 11.6. The number of Topliss-reactive ketones (excluding diaryl/α,β-unsaturated/α-hetero) is 1. The second kappa shape index (κ2) is 5.78. The van der Waals surface area contributed by atoms with E-state index >= 15 is 0 Å². The molecule has 0 aromatic carbocycles. The SMILES string of the molecule is O=C1CCCC1CN1CCCCC1CCO. The van der Waals surface area contributed by atoms with Gasteiger partial charge in [-0.05, 0) is 38.6 Å². The molecule has 2 fully saturated rings. The number of likely N-dealkylation sites (tertiary alicyclic amines) is 1. The highest BCUT2D eigenvalue weighted by Crippen LogP contribution is 2.26. The number of piperidine rings is 1. The van der Waals surface area contributed by atoms with E-state index in [0.717, 1.165) is 38.8 Å². The molecule has 1 aliphatic heterocycles. The molecule has 0 aromatic rings. The monoisotopic (exact) mass is 225 g/mol. The Morgan fingerprint density at radius 3 is 2.81 bits per heavy atom. The van der Waals surface area contributed by atoms with Crippen LogP contribution in [-0.4, -0.2) is 41.5 Å². The van der Waals surface area contributed by atoms with Gasteiger partial charge in [0.25, 0.3) is 0 Å². The van der Waals surface area contributed by atoms with Crippen LogP contribution in [0.5, 0.6) is 0 Å². The van der Waals surface area contributed by atoms with Crippen LogP contribution in [0.1, 0.15) is 44.9 Å². The van der Waals surface area contributed by atoms with Gasteiger partial charge >= 0.3 is 0 Å². The molecule has 3 nitrogen and oxygen atoms in total. The van der Waals surface area contributed by atoms with Crippen molar-refractivity contribution >= 4 is 5.78 Å². The molecule has 2 unspecified atom stereocenters. The van der Waals surface area contributed by atoms with Crippen molar-refractivity contribution in [1.29, 1.82) is 0 Å². The van der Waals surface area contributed by atoms with Crippen LogP contribution in [0.4, 0.5) is 0 Å². The average molecular weight is 225 g/mol. The molecule has 92 valence electrons. The van der Waals surface area contributed by atoms with Crippen LogP contribution >= 0.6 is 0 Å². The van der Waals surface area contributed by atoms with E-state index in [-0.39, 0.29) is 6.61 Å². The Morgan fingerprint density at radius 2 is 2.12 bits per heavy atom. The van der Waals surface area contributed by atoms with Gasteiger partial charge in [0.15, 0.2) is 0 Å². The summed E-state index contributed by atoms with van der Waals surface area (Å²) in [5.41, 5.74) is 0. The highest BCUT2D eigenvalue weighted by atomic mass is 16.3. The maximum Gasteiger partial charge on any atom is 0.137 e. The van der Waals surface area contributed by atoms with Crippen molar-refractivity contribution in [3.05, 3.63) is 0 Å². The zero-order valence-corrected chi connectivity index (χ0v) is 10.0. The Kier molecular flexibility index (Phi) is 4.36. The third-order valence-corrected chi connectivity index (χ3v) is 4.10. The molecular formula is C13H23NO2. The molecule has 1 N–H and O–H groups in total. The van der Waals surface area contributed by atoms with Crippen LogP contribution in [0.25, 0.3) is 0 Å². The van der Waals surface area contributed by atoms with Crippen LogP contribution in [0.15, 0.2) is 0 Å². The van der Waals surface area contributed by atoms with E-state index < -0.39 is 0 Å². The first-order chi connectivity index (χ1) is 7.81. The first-order valence-electron chi connectivity index (χ1n) is 6.69. The highest BCUT2D eigenvalue weighted by molar-refractivity contribution is 5.83. The van der Waals surface area contributed by atoms with E-state index in [2.05, 4.69) is 4.90 Å². The highest BCUT2D eigenvalue weighted by Gasteiger charge is 2.30. The van der Waals surface area contributed by atoms with Gasteiger partial charge in [0.1, 0.15) is 5.78 Å². The minimum absolute atomic E-state index is 0.278. The Labute approximate surface area is 97.8 Å². The normalized spacial score (nSPS) is 32.2. The molecule has 2 aliphatic rings. The summed E-state index contributed by atoms with van der Waals surface area (Å²) < 4.78 is 0. The van der Waals surface area contributed by atoms with Gasteiger partial charge in [0.05, 0.1) is 0 Å². The van der Waals surface area contributed by atoms with E-state index in [9.17, 15) is 4.79 Å². The molecule has 0 radical (unpaired) electrons. The smallest absolute Gasteiger partial charge is 0.137 e.